The van der Waals surface area contributed by atoms with E-state index in [9.17, 15) is 4.79 Å². The second-order valence-corrected chi connectivity index (χ2v) is 6.76. The molecule has 2 aromatic carbocycles. The van der Waals surface area contributed by atoms with Crippen molar-refractivity contribution in [1.82, 2.24) is 19.9 Å². The average Bonchev–Trinajstić information content (AvgIpc) is 3.10. The summed E-state index contributed by atoms with van der Waals surface area (Å²) < 4.78 is 8.01. The summed E-state index contributed by atoms with van der Waals surface area (Å²) in [7, 11) is 0. The number of carbonyl (C=O) groups excluding carboxylic acids is 1. The largest absolute Gasteiger partial charge is 0.492 e. The van der Waals surface area contributed by atoms with Crippen molar-refractivity contribution < 1.29 is 9.53 Å². The number of carbonyl (C=O) groups is 1. The number of hydrogen-bond acceptors (Lipinski definition) is 4. The number of imidazole rings is 1. The highest BCUT2D eigenvalue weighted by Gasteiger charge is 2.12. The minimum Gasteiger partial charge on any atom is -0.492 e. The van der Waals surface area contributed by atoms with Crippen molar-refractivity contribution in [1.29, 1.82) is 0 Å². The molecule has 0 saturated heterocycles. The molecule has 0 bridgehead atoms. The van der Waals surface area contributed by atoms with E-state index in [0.29, 0.717) is 25.3 Å². The van der Waals surface area contributed by atoms with Crippen molar-refractivity contribution in [2.75, 3.05) is 6.61 Å². The van der Waals surface area contributed by atoms with Gasteiger partial charge in [0.2, 0.25) is 0 Å². The number of fused-ring (bicyclic) bond motifs is 1. The van der Waals surface area contributed by atoms with E-state index in [4.69, 9.17) is 9.72 Å². The van der Waals surface area contributed by atoms with Crippen LogP contribution >= 0.6 is 0 Å². The molecule has 2 heterocycles. The molecule has 1 amide bonds. The fraction of sp³-hybridized carbons (Fsp3) is 0.174. The summed E-state index contributed by atoms with van der Waals surface area (Å²) >= 11 is 0. The second kappa shape index (κ2) is 8.56. The normalized spacial score (nSPS) is 10.8. The minimum atomic E-state index is -0.173. The van der Waals surface area contributed by atoms with Gasteiger partial charge < -0.3 is 14.6 Å². The standard InChI is InChI=1S/C23H22N4O2/c1-17-6-4-8-19(14-17)29-13-12-27-21-10-3-2-9-20(21)26-22(27)16-25-23(28)18-7-5-11-24-15-18/h2-11,14-15H,12-13,16H2,1H3,(H,25,28). The number of para-hydroxylation sites is 2. The Morgan fingerprint density at radius 3 is 2.83 bits per heavy atom. The maximum absolute atomic E-state index is 12.4. The molecule has 0 spiro atoms. The number of hydrogen-bond donors (Lipinski definition) is 1. The third-order valence-electron chi connectivity index (χ3n) is 4.64. The first kappa shape index (κ1) is 18.7. The molecule has 0 saturated carbocycles. The molecule has 29 heavy (non-hydrogen) atoms. The molecule has 1 N–H and O–H groups in total. The maximum atomic E-state index is 12.4. The third kappa shape index (κ3) is 4.43. The lowest BCUT2D eigenvalue weighted by Crippen LogP contribution is -2.25. The molecule has 0 unspecified atom stereocenters. The Bertz CT molecular complexity index is 1120. The Kier molecular flexibility index (Phi) is 5.52. The Morgan fingerprint density at radius 2 is 2.00 bits per heavy atom. The molecule has 146 valence electrons. The van der Waals surface area contributed by atoms with Crippen LogP contribution < -0.4 is 10.1 Å². The zero-order chi connectivity index (χ0) is 20.1. The van der Waals surface area contributed by atoms with E-state index in [1.165, 1.54) is 0 Å². The summed E-state index contributed by atoms with van der Waals surface area (Å²) in [5.41, 5.74) is 3.60. The van der Waals surface area contributed by atoms with E-state index in [1.807, 2.05) is 55.5 Å². The molecule has 0 radical (unpaired) electrons. The molecule has 2 aromatic heterocycles. The summed E-state index contributed by atoms with van der Waals surface area (Å²) in [6.45, 7) is 3.51. The smallest absolute Gasteiger partial charge is 0.253 e. The fourth-order valence-electron chi connectivity index (χ4n) is 3.23. The van der Waals surface area contributed by atoms with Crippen LogP contribution in [0.4, 0.5) is 0 Å². The first-order chi connectivity index (χ1) is 14.2. The van der Waals surface area contributed by atoms with Crippen LogP contribution in [0.2, 0.25) is 0 Å². The monoisotopic (exact) mass is 386 g/mol. The Balaban J connectivity index is 1.49. The zero-order valence-corrected chi connectivity index (χ0v) is 16.2. The maximum Gasteiger partial charge on any atom is 0.253 e. The van der Waals surface area contributed by atoms with Crippen molar-refractivity contribution in [2.45, 2.75) is 20.0 Å². The van der Waals surface area contributed by atoms with E-state index in [1.54, 1.807) is 24.5 Å². The summed E-state index contributed by atoms with van der Waals surface area (Å²) in [5.74, 6) is 1.46. The summed E-state index contributed by atoms with van der Waals surface area (Å²) in [5, 5.41) is 2.93. The van der Waals surface area contributed by atoms with Crippen LogP contribution in [-0.4, -0.2) is 27.0 Å². The Labute approximate surface area is 169 Å². The molecular formula is C23H22N4O2. The van der Waals surface area contributed by atoms with E-state index < -0.39 is 0 Å². The number of ether oxygens (including phenoxy) is 1. The Hall–Kier alpha value is -3.67. The highest BCUT2D eigenvalue weighted by molar-refractivity contribution is 5.93. The number of aromatic nitrogens is 3. The number of pyridine rings is 1. The number of nitrogens with one attached hydrogen (secondary N) is 1. The highest BCUT2D eigenvalue weighted by atomic mass is 16.5. The lowest BCUT2D eigenvalue weighted by Gasteiger charge is -2.12. The number of rotatable bonds is 7. The highest BCUT2D eigenvalue weighted by Crippen LogP contribution is 2.17. The summed E-state index contributed by atoms with van der Waals surface area (Å²) in [6.07, 6.45) is 3.19. The lowest BCUT2D eigenvalue weighted by molar-refractivity contribution is 0.0949. The number of aryl methyl sites for hydroxylation is 1. The van der Waals surface area contributed by atoms with Crippen molar-refractivity contribution in [2.24, 2.45) is 0 Å². The first-order valence-corrected chi connectivity index (χ1v) is 9.52. The number of amides is 1. The van der Waals surface area contributed by atoms with Crippen LogP contribution in [0, 0.1) is 6.92 Å². The van der Waals surface area contributed by atoms with Crippen LogP contribution in [0.5, 0.6) is 5.75 Å². The van der Waals surface area contributed by atoms with Crippen LogP contribution in [0.25, 0.3) is 11.0 Å². The van der Waals surface area contributed by atoms with Gasteiger partial charge in [-0.25, -0.2) is 4.98 Å². The molecule has 0 aliphatic heterocycles. The summed E-state index contributed by atoms with van der Waals surface area (Å²) in [4.78, 5) is 21.0. The van der Waals surface area contributed by atoms with Gasteiger partial charge in [0.1, 0.15) is 18.2 Å². The van der Waals surface area contributed by atoms with Crippen LogP contribution in [-0.2, 0) is 13.1 Å². The van der Waals surface area contributed by atoms with Crippen molar-refractivity contribution in [3.05, 3.63) is 90.0 Å². The molecular weight excluding hydrogens is 364 g/mol. The van der Waals surface area contributed by atoms with E-state index in [0.717, 1.165) is 28.2 Å². The van der Waals surface area contributed by atoms with E-state index >= 15 is 0 Å². The van der Waals surface area contributed by atoms with Gasteiger partial charge in [0.25, 0.3) is 5.91 Å². The van der Waals surface area contributed by atoms with Gasteiger partial charge in [0.05, 0.1) is 29.7 Å². The van der Waals surface area contributed by atoms with Crippen molar-refractivity contribution in [3.8, 4) is 5.75 Å². The molecule has 6 heteroatoms. The van der Waals surface area contributed by atoms with Crippen molar-refractivity contribution >= 4 is 16.9 Å². The SMILES string of the molecule is Cc1cccc(OCCn2c(CNC(=O)c3cccnc3)nc3ccccc32)c1. The van der Waals surface area contributed by atoms with Crippen LogP contribution in [0.1, 0.15) is 21.7 Å². The minimum absolute atomic E-state index is 0.173. The van der Waals surface area contributed by atoms with Gasteiger partial charge in [0, 0.05) is 12.4 Å². The topological polar surface area (TPSA) is 69.0 Å². The van der Waals surface area contributed by atoms with Gasteiger partial charge in [0.15, 0.2) is 0 Å². The third-order valence-corrected chi connectivity index (χ3v) is 4.64. The molecule has 0 aliphatic carbocycles. The molecule has 0 atom stereocenters. The molecule has 4 aromatic rings. The zero-order valence-electron chi connectivity index (χ0n) is 16.2. The van der Waals surface area contributed by atoms with Gasteiger partial charge in [-0.15, -0.1) is 0 Å². The molecule has 6 nitrogen and oxygen atoms in total. The van der Waals surface area contributed by atoms with E-state index in [2.05, 4.69) is 14.9 Å². The van der Waals surface area contributed by atoms with Gasteiger partial charge in [-0.2, -0.15) is 0 Å². The lowest BCUT2D eigenvalue weighted by atomic mass is 10.2. The molecule has 0 fully saturated rings. The van der Waals surface area contributed by atoms with Gasteiger partial charge in [-0.3, -0.25) is 9.78 Å². The first-order valence-electron chi connectivity index (χ1n) is 9.52. The fourth-order valence-corrected chi connectivity index (χ4v) is 3.23. The van der Waals surface area contributed by atoms with Gasteiger partial charge in [-0.05, 0) is 48.9 Å². The van der Waals surface area contributed by atoms with Gasteiger partial charge in [-0.1, -0.05) is 24.3 Å². The van der Waals surface area contributed by atoms with Crippen LogP contribution in [0.3, 0.4) is 0 Å². The summed E-state index contributed by atoms with van der Waals surface area (Å²) in [6, 6.07) is 19.4. The predicted molar refractivity (Wildman–Crippen MR) is 112 cm³/mol. The van der Waals surface area contributed by atoms with Crippen LogP contribution in [0.15, 0.2) is 73.1 Å². The predicted octanol–water partition coefficient (Wildman–Crippen LogP) is 3.75. The van der Waals surface area contributed by atoms with E-state index in [-0.39, 0.29) is 5.91 Å². The molecule has 4 rings (SSSR count). The average molecular weight is 386 g/mol. The number of benzene rings is 2. The van der Waals surface area contributed by atoms with Gasteiger partial charge >= 0.3 is 0 Å². The Morgan fingerprint density at radius 1 is 1.10 bits per heavy atom. The van der Waals surface area contributed by atoms with Crippen molar-refractivity contribution in [3.63, 3.8) is 0 Å². The number of nitrogens with zero attached hydrogens (tertiary/aromatic N) is 3. The quantitative estimate of drug-likeness (QED) is 0.525. The second-order valence-electron chi connectivity index (χ2n) is 6.76. The molecule has 0 aliphatic rings.